The van der Waals surface area contributed by atoms with Crippen molar-refractivity contribution >= 4 is 10.4 Å². The fourth-order valence-corrected chi connectivity index (χ4v) is 0.799. The average molecular weight is 155 g/mol. The van der Waals surface area contributed by atoms with Gasteiger partial charge in [0.2, 0.25) is 0 Å². The molecule has 0 aliphatic heterocycles. The summed E-state index contributed by atoms with van der Waals surface area (Å²) in [6.45, 7) is 3.73. The van der Waals surface area contributed by atoms with Crippen molar-refractivity contribution in [3.63, 3.8) is 0 Å². The first-order valence-corrected chi connectivity index (χ1v) is 3.99. The summed E-state index contributed by atoms with van der Waals surface area (Å²) in [5.41, 5.74) is 0. The van der Waals surface area contributed by atoms with Gasteiger partial charge in [-0.1, -0.05) is 17.7 Å². The number of hydrogen-bond acceptors (Lipinski definition) is 2. The van der Waals surface area contributed by atoms with Crippen molar-refractivity contribution < 1.29 is 12.3 Å². The van der Waals surface area contributed by atoms with Gasteiger partial charge >= 0.3 is 10.4 Å². The van der Waals surface area contributed by atoms with Gasteiger partial charge in [0.15, 0.2) is 0 Å². The normalized spacial score (nSPS) is 12.4. The van der Waals surface area contributed by atoms with Crippen molar-refractivity contribution in [1.82, 2.24) is 4.72 Å². The highest BCUT2D eigenvalue weighted by atomic mass is 32.3. The predicted octanol–water partition coefficient (Wildman–Crippen LogP) is 0.446. The van der Waals surface area contributed by atoms with E-state index in [1.54, 1.807) is 18.6 Å². The first-order chi connectivity index (χ1) is 3.92. The third kappa shape index (κ3) is 7.84. The zero-order valence-electron chi connectivity index (χ0n) is 5.39. The van der Waals surface area contributed by atoms with Crippen molar-refractivity contribution in [1.29, 1.82) is 0 Å². The van der Waals surface area contributed by atoms with Crippen LogP contribution in [-0.2, 0) is 10.4 Å². The Kier molecular flexibility index (Phi) is 3.07. The molecule has 0 saturated carbocycles. The summed E-state index contributed by atoms with van der Waals surface area (Å²) >= 11 is 0. The van der Waals surface area contributed by atoms with E-state index in [1.807, 2.05) is 0 Å². The summed E-state index contributed by atoms with van der Waals surface area (Å²) in [6, 6.07) is 0. The molecule has 9 heavy (non-hydrogen) atoms. The van der Waals surface area contributed by atoms with E-state index in [4.69, 9.17) is 0 Å². The molecule has 0 aromatic rings. The molecule has 0 rings (SSSR count). The van der Waals surface area contributed by atoms with Gasteiger partial charge in [-0.3, -0.25) is 0 Å². The van der Waals surface area contributed by atoms with Crippen molar-refractivity contribution in [2.45, 2.75) is 13.8 Å². The van der Waals surface area contributed by atoms with Crippen molar-refractivity contribution in [2.75, 3.05) is 6.54 Å². The lowest BCUT2D eigenvalue weighted by Crippen LogP contribution is -2.23. The third-order valence-electron chi connectivity index (χ3n) is 0.664. The van der Waals surface area contributed by atoms with Crippen LogP contribution in [0.25, 0.3) is 0 Å². The van der Waals surface area contributed by atoms with Crippen LogP contribution in [0, 0.1) is 5.92 Å². The average Bonchev–Trinajstić information content (AvgIpc) is 1.59. The topological polar surface area (TPSA) is 46.2 Å². The number of nitrogens with one attached hydrogen (secondary N) is 1. The highest BCUT2D eigenvalue weighted by Gasteiger charge is 2.04. The summed E-state index contributed by atoms with van der Waals surface area (Å²) in [6.07, 6.45) is 0. The lowest BCUT2D eigenvalue weighted by Gasteiger charge is -2.00. The molecule has 0 atom stereocenters. The Balaban J connectivity index is 3.53. The van der Waals surface area contributed by atoms with Gasteiger partial charge in [-0.15, -0.1) is 0 Å². The van der Waals surface area contributed by atoms with E-state index in [2.05, 4.69) is 0 Å². The van der Waals surface area contributed by atoms with E-state index >= 15 is 0 Å². The van der Waals surface area contributed by atoms with E-state index in [0.29, 0.717) is 0 Å². The lowest BCUT2D eigenvalue weighted by molar-refractivity contribution is 0.520. The fraction of sp³-hybridized carbons (Fsp3) is 1.00. The monoisotopic (exact) mass is 155 g/mol. The van der Waals surface area contributed by atoms with Crippen LogP contribution >= 0.6 is 0 Å². The van der Waals surface area contributed by atoms with Crippen LogP contribution < -0.4 is 4.72 Å². The zero-order chi connectivity index (χ0) is 7.49. The van der Waals surface area contributed by atoms with Crippen LogP contribution in [0.2, 0.25) is 0 Å². The first kappa shape index (κ1) is 8.84. The summed E-state index contributed by atoms with van der Waals surface area (Å²) in [5.74, 6) is 0.135. The number of halogens is 1. The molecule has 0 spiro atoms. The van der Waals surface area contributed by atoms with Crippen LogP contribution in [-0.4, -0.2) is 15.0 Å². The van der Waals surface area contributed by atoms with E-state index in [9.17, 15) is 12.3 Å². The molecule has 0 heterocycles. The predicted molar refractivity (Wildman–Crippen MR) is 32.9 cm³/mol. The molecule has 3 nitrogen and oxygen atoms in total. The van der Waals surface area contributed by atoms with Gasteiger partial charge in [0.05, 0.1) is 0 Å². The largest absolute Gasteiger partial charge is 0.372 e. The van der Waals surface area contributed by atoms with Crippen LogP contribution in [0.4, 0.5) is 3.89 Å². The highest BCUT2D eigenvalue weighted by molar-refractivity contribution is 7.84. The molecule has 0 radical (unpaired) electrons. The first-order valence-electron chi connectivity index (χ1n) is 2.61. The number of rotatable bonds is 3. The van der Waals surface area contributed by atoms with E-state index in [1.165, 1.54) is 0 Å². The van der Waals surface area contributed by atoms with Crippen LogP contribution in [0.5, 0.6) is 0 Å². The van der Waals surface area contributed by atoms with Crippen LogP contribution in [0.3, 0.4) is 0 Å². The SMILES string of the molecule is CC(C)CNS(=O)(=O)F. The van der Waals surface area contributed by atoms with Crippen LogP contribution in [0.1, 0.15) is 13.8 Å². The minimum Gasteiger partial charge on any atom is -0.188 e. The van der Waals surface area contributed by atoms with Gasteiger partial charge in [-0.05, 0) is 5.92 Å². The van der Waals surface area contributed by atoms with Crippen LogP contribution in [0.15, 0.2) is 0 Å². The Morgan fingerprint density at radius 1 is 1.56 bits per heavy atom. The van der Waals surface area contributed by atoms with Gasteiger partial charge in [0.25, 0.3) is 0 Å². The number of hydrogen-bond donors (Lipinski definition) is 1. The minimum atomic E-state index is -4.47. The molecule has 0 aromatic carbocycles. The molecule has 0 aliphatic rings. The Morgan fingerprint density at radius 2 is 2.00 bits per heavy atom. The molecule has 0 aliphatic carbocycles. The molecule has 0 fully saturated rings. The molecule has 0 aromatic heterocycles. The molecular weight excluding hydrogens is 145 g/mol. The van der Waals surface area contributed by atoms with Gasteiger partial charge in [-0.25, -0.2) is 0 Å². The molecular formula is C4H10FNO2S. The molecule has 1 N–H and O–H groups in total. The molecule has 0 bridgehead atoms. The van der Waals surface area contributed by atoms with Gasteiger partial charge in [0.1, 0.15) is 0 Å². The maximum atomic E-state index is 11.6. The summed E-state index contributed by atoms with van der Waals surface area (Å²) < 4.78 is 32.9. The minimum absolute atomic E-state index is 0.135. The van der Waals surface area contributed by atoms with E-state index < -0.39 is 10.4 Å². The molecule has 0 unspecified atom stereocenters. The standard InChI is InChI=1S/C4H10FNO2S/c1-4(2)3-6-9(5,7)8/h4,6H,3H2,1-2H3. The summed E-state index contributed by atoms with van der Waals surface area (Å²) in [5, 5.41) is 0. The smallest absolute Gasteiger partial charge is 0.188 e. The second-order valence-corrected chi connectivity index (χ2v) is 3.34. The van der Waals surface area contributed by atoms with Gasteiger partial charge in [0, 0.05) is 6.54 Å². The third-order valence-corrected chi connectivity index (χ3v) is 1.18. The van der Waals surface area contributed by atoms with Gasteiger partial charge < -0.3 is 0 Å². The maximum Gasteiger partial charge on any atom is 0.372 e. The molecule has 56 valence electrons. The van der Waals surface area contributed by atoms with Crippen molar-refractivity contribution in [3.8, 4) is 0 Å². The van der Waals surface area contributed by atoms with E-state index in [0.717, 1.165) is 0 Å². The fourth-order valence-electron chi connectivity index (χ4n) is 0.266. The Bertz CT molecular complexity index is 163. The summed E-state index contributed by atoms with van der Waals surface area (Å²) in [7, 11) is -4.47. The summed E-state index contributed by atoms with van der Waals surface area (Å²) in [4.78, 5) is 0. The molecule has 0 saturated heterocycles. The lowest BCUT2D eigenvalue weighted by atomic mass is 10.2. The Morgan fingerprint density at radius 3 is 2.11 bits per heavy atom. The molecule has 0 amide bonds. The quantitative estimate of drug-likeness (QED) is 0.601. The highest BCUT2D eigenvalue weighted by Crippen LogP contribution is 1.90. The second kappa shape index (κ2) is 3.12. The van der Waals surface area contributed by atoms with Crippen molar-refractivity contribution in [2.24, 2.45) is 5.92 Å². The Hall–Kier alpha value is -0.160. The zero-order valence-corrected chi connectivity index (χ0v) is 6.20. The van der Waals surface area contributed by atoms with E-state index in [-0.39, 0.29) is 12.5 Å². The maximum absolute atomic E-state index is 11.6. The second-order valence-electron chi connectivity index (χ2n) is 2.18. The van der Waals surface area contributed by atoms with Gasteiger partial charge in [-0.2, -0.15) is 13.1 Å². The molecule has 5 heteroatoms. The Labute approximate surface area is 54.6 Å². The van der Waals surface area contributed by atoms with Crippen molar-refractivity contribution in [3.05, 3.63) is 0 Å².